The van der Waals surface area contributed by atoms with E-state index >= 15 is 0 Å². The fourth-order valence-electron chi connectivity index (χ4n) is 1.89. The van der Waals surface area contributed by atoms with E-state index in [4.69, 9.17) is 9.84 Å². The third-order valence-electron chi connectivity index (χ3n) is 3.45. The first-order valence-corrected chi connectivity index (χ1v) is 6.15. The van der Waals surface area contributed by atoms with Gasteiger partial charge in [0.25, 0.3) is 0 Å². The van der Waals surface area contributed by atoms with Crippen molar-refractivity contribution in [2.24, 2.45) is 5.41 Å². The Morgan fingerprint density at radius 3 is 2.39 bits per heavy atom. The first-order chi connectivity index (χ1) is 8.27. The third kappa shape index (κ3) is 3.25. The first kappa shape index (κ1) is 14.6. The lowest BCUT2D eigenvalue weighted by Crippen LogP contribution is -2.24. The molecule has 0 heterocycles. The number of rotatable bonds is 5. The fourth-order valence-corrected chi connectivity index (χ4v) is 1.89. The van der Waals surface area contributed by atoms with Gasteiger partial charge in [-0.3, -0.25) is 4.79 Å². The van der Waals surface area contributed by atoms with Gasteiger partial charge in [0.15, 0.2) is 0 Å². The lowest BCUT2D eigenvalue weighted by molar-refractivity contribution is -0.147. The molecule has 0 saturated carbocycles. The lowest BCUT2D eigenvalue weighted by atomic mass is 9.85. The van der Waals surface area contributed by atoms with E-state index in [1.54, 1.807) is 21.0 Å². The van der Waals surface area contributed by atoms with E-state index in [0.29, 0.717) is 6.42 Å². The largest absolute Gasteiger partial charge is 0.496 e. The molecule has 18 heavy (non-hydrogen) atoms. The van der Waals surface area contributed by atoms with E-state index in [1.165, 1.54) is 5.56 Å². The molecule has 0 aromatic heterocycles. The summed E-state index contributed by atoms with van der Waals surface area (Å²) in [6, 6.07) is 4.10. The summed E-state index contributed by atoms with van der Waals surface area (Å²) in [4.78, 5) is 11.1. The molecule has 3 nitrogen and oxygen atoms in total. The Morgan fingerprint density at radius 2 is 1.89 bits per heavy atom. The second-order valence-corrected chi connectivity index (χ2v) is 5.44. The smallest absolute Gasteiger partial charge is 0.309 e. The molecule has 1 aromatic rings. The molecule has 1 N–H and O–H groups in total. The van der Waals surface area contributed by atoms with Gasteiger partial charge in [-0.15, -0.1) is 0 Å². The average Bonchev–Trinajstić information content (AvgIpc) is 2.29. The molecule has 0 amide bonds. The number of methoxy groups -OCH3 is 1. The van der Waals surface area contributed by atoms with Crippen LogP contribution >= 0.6 is 0 Å². The molecular formula is C15H22O3. The zero-order valence-corrected chi connectivity index (χ0v) is 11.8. The molecule has 1 aromatic carbocycles. The summed E-state index contributed by atoms with van der Waals surface area (Å²) in [5.74, 6) is 0.138. The first-order valence-electron chi connectivity index (χ1n) is 6.15. The average molecular weight is 250 g/mol. The highest BCUT2D eigenvalue weighted by molar-refractivity contribution is 5.73. The van der Waals surface area contributed by atoms with Crippen LogP contribution in [-0.4, -0.2) is 18.2 Å². The van der Waals surface area contributed by atoms with E-state index in [0.717, 1.165) is 23.3 Å². The van der Waals surface area contributed by atoms with Gasteiger partial charge < -0.3 is 9.84 Å². The number of benzene rings is 1. The molecule has 0 spiro atoms. The summed E-state index contributed by atoms with van der Waals surface area (Å²) >= 11 is 0. The molecule has 0 aliphatic carbocycles. The highest BCUT2D eigenvalue weighted by Gasteiger charge is 2.26. The van der Waals surface area contributed by atoms with Crippen molar-refractivity contribution >= 4 is 5.97 Å². The molecular weight excluding hydrogens is 228 g/mol. The summed E-state index contributed by atoms with van der Waals surface area (Å²) in [6.07, 6.45) is 1.41. The zero-order chi connectivity index (χ0) is 13.9. The van der Waals surface area contributed by atoms with Crippen LogP contribution in [0, 0.1) is 19.3 Å². The predicted molar refractivity (Wildman–Crippen MR) is 72.2 cm³/mol. The van der Waals surface area contributed by atoms with Crippen molar-refractivity contribution in [3.63, 3.8) is 0 Å². The molecule has 100 valence electrons. The van der Waals surface area contributed by atoms with Gasteiger partial charge in [0.1, 0.15) is 5.75 Å². The predicted octanol–water partition coefficient (Wildman–Crippen LogP) is 3.36. The van der Waals surface area contributed by atoms with Crippen LogP contribution in [0.1, 0.15) is 37.0 Å². The van der Waals surface area contributed by atoms with Crippen LogP contribution in [0.25, 0.3) is 0 Å². The Hall–Kier alpha value is -1.51. The minimum Gasteiger partial charge on any atom is -0.496 e. The number of carboxylic acids is 1. The van der Waals surface area contributed by atoms with Gasteiger partial charge in [-0.05, 0) is 63.3 Å². The topological polar surface area (TPSA) is 46.5 Å². The molecule has 0 saturated heterocycles. The number of carbonyl (C=O) groups is 1. The Morgan fingerprint density at radius 1 is 1.28 bits per heavy atom. The Kier molecular flexibility index (Phi) is 4.38. The monoisotopic (exact) mass is 250 g/mol. The van der Waals surface area contributed by atoms with Gasteiger partial charge in [0.05, 0.1) is 12.5 Å². The number of hydrogen-bond donors (Lipinski definition) is 1. The number of ether oxygens (including phenoxy) is 1. The van der Waals surface area contributed by atoms with Crippen molar-refractivity contribution in [3.05, 3.63) is 28.8 Å². The Balaban J connectivity index is 2.86. The zero-order valence-electron chi connectivity index (χ0n) is 11.8. The normalized spacial score (nSPS) is 11.4. The van der Waals surface area contributed by atoms with Crippen LogP contribution in [0.2, 0.25) is 0 Å². The van der Waals surface area contributed by atoms with E-state index in [9.17, 15) is 4.79 Å². The van der Waals surface area contributed by atoms with Gasteiger partial charge in [-0.2, -0.15) is 0 Å². The van der Waals surface area contributed by atoms with Crippen LogP contribution in [0.3, 0.4) is 0 Å². The van der Waals surface area contributed by atoms with Crippen molar-refractivity contribution in [1.82, 2.24) is 0 Å². The van der Waals surface area contributed by atoms with Gasteiger partial charge in [-0.25, -0.2) is 0 Å². The second-order valence-electron chi connectivity index (χ2n) is 5.44. The maximum atomic E-state index is 11.1. The van der Waals surface area contributed by atoms with Crippen molar-refractivity contribution < 1.29 is 14.6 Å². The minimum atomic E-state index is -0.745. The van der Waals surface area contributed by atoms with Crippen molar-refractivity contribution in [3.8, 4) is 5.75 Å². The standard InChI is InChI=1S/C15H22O3/c1-10-9-13(18-5)11(2)8-12(10)6-7-15(3,4)14(16)17/h8-9H,6-7H2,1-5H3,(H,16,17). The van der Waals surface area contributed by atoms with Gasteiger partial charge >= 0.3 is 5.97 Å². The highest BCUT2D eigenvalue weighted by Crippen LogP contribution is 2.27. The summed E-state index contributed by atoms with van der Waals surface area (Å²) in [5, 5.41) is 9.11. The maximum Gasteiger partial charge on any atom is 0.309 e. The van der Waals surface area contributed by atoms with E-state index in [-0.39, 0.29) is 0 Å². The summed E-state index contributed by atoms with van der Waals surface area (Å²) in [7, 11) is 1.66. The SMILES string of the molecule is COc1cc(C)c(CCC(C)(C)C(=O)O)cc1C. The summed E-state index contributed by atoms with van der Waals surface area (Å²) < 4.78 is 5.27. The summed E-state index contributed by atoms with van der Waals surface area (Å²) in [5.41, 5.74) is 2.76. The molecule has 0 aliphatic rings. The maximum absolute atomic E-state index is 11.1. The van der Waals surface area contributed by atoms with Crippen molar-refractivity contribution in [2.75, 3.05) is 7.11 Å². The number of aryl methyl sites for hydroxylation is 3. The van der Waals surface area contributed by atoms with Gasteiger partial charge in [-0.1, -0.05) is 6.07 Å². The second kappa shape index (κ2) is 5.42. The molecule has 0 bridgehead atoms. The quantitative estimate of drug-likeness (QED) is 0.871. The number of aliphatic carboxylic acids is 1. The highest BCUT2D eigenvalue weighted by atomic mass is 16.5. The number of hydrogen-bond acceptors (Lipinski definition) is 2. The molecule has 3 heteroatoms. The lowest BCUT2D eigenvalue weighted by Gasteiger charge is -2.20. The van der Waals surface area contributed by atoms with Crippen LogP contribution in [-0.2, 0) is 11.2 Å². The van der Waals surface area contributed by atoms with Crippen LogP contribution in [0.5, 0.6) is 5.75 Å². The molecule has 0 unspecified atom stereocenters. The molecule has 0 fully saturated rings. The summed E-state index contributed by atoms with van der Waals surface area (Å²) in [6.45, 7) is 7.57. The van der Waals surface area contributed by atoms with Gasteiger partial charge in [0.2, 0.25) is 0 Å². The number of carboxylic acid groups (broad SMARTS) is 1. The third-order valence-corrected chi connectivity index (χ3v) is 3.45. The van der Waals surface area contributed by atoms with Crippen molar-refractivity contribution in [2.45, 2.75) is 40.5 Å². The molecule has 0 atom stereocenters. The molecule has 0 aliphatic heterocycles. The van der Waals surface area contributed by atoms with Crippen molar-refractivity contribution in [1.29, 1.82) is 0 Å². The van der Waals surface area contributed by atoms with E-state index in [1.807, 2.05) is 19.9 Å². The van der Waals surface area contributed by atoms with E-state index < -0.39 is 11.4 Å². The van der Waals surface area contributed by atoms with Crippen LogP contribution in [0.15, 0.2) is 12.1 Å². The van der Waals surface area contributed by atoms with Crippen LogP contribution in [0.4, 0.5) is 0 Å². The van der Waals surface area contributed by atoms with Gasteiger partial charge in [0, 0.05) is 0 Å². The van der Waals surface area contributed by atoms with E-state index in [2.05, 4.69) is 6.07 Å². The molecule has 0 radical (unpaired) electrons. The fraction of sp³-hybridized carbons (Fsp3) is 0.533. The Bertz CT molecular complexity index is 447. The Labute approximate surface area is 109 Å². The minimum absolute atomic E-state index is 0.634. The molecule has 1 rings (SSSR count). The van der Waals surface area contributed by atoms with Crippen LogP contribution < -0.4 is 4.74 Å².